The van der Waals surface area contributed by atoms with Crippen molar-refractivity contribution in [1.29, 1.82) is 0 Å². The molecule has 0 aliphatic heterocycles. The Bertz CT molecular complexity index is 959. The molecule has 0 atom stereocenters. The third-order valence-electron chi connectivity index (χ3n) is 4.35. The molecule has 1 N–H and O–H groups in total. The average molecular weight is 378 g/mol. The lowest BCUT2D eigenvalue weighted by Gasteiger charge is -2.09. The van der Waals surface area contributed by atoms with Crippen LogP contribution < -0.4 is 10.2 Å². The maximum atomic E-state index is 12.2. The van der Waals surface area contributed by atoms with Crippen molar-refractivity contribution in [3.8, 4) is 5.75 Å². The van der Waals surface area contributed by atoms with E-state index in [1.807, 2.05) is 42.6 Å². The molecule has 0 aliphatic rings. The summed E-state index contributed by atoms with van der Waals surface area (Å²) in [5, 5.41) is 6.02. The third-order valence-corrected chi connectivity index (χ3v) is 5.30. The smallest absolute Gasteiger partial charge is 0.271 e. The first kappa shape index (κ1) is 18.9. The largest absolute Gasteiger partial charge is 0.489 e. The standard InChI is InChI=1S/C22H22N2O2S/c1-15-4-9-20(12-17(15)3)26-14-18-5-7-19(8-6-18)22(25)24-23-13-21-16(2)10-11-27-21/h4-13H,14H2,1-3H3,(H,24,25). The van der Waals surface area contributed by atoms with Gasteiger partial charge in [0, 0.05) is 10.4 Å². The molecule has 3 aromatic rings. The van der Waals surface area contributed by atoms with E-state index in [0.717, 1.165) is 21.8 Å². The molecule has 0 saturated carbocycles. The number of nitrogens with zero attached hydrogens (tertiary/aromatic N) is 1. The first-order valence-electron chi connectivity index (χ1n) is 8.69. The Hall–Kier alpha value is -2.92. The number of hydrogen-bond acceptors (Lipinski definition) is 4. The number of thiophene rings is 1. The lowest BCUT2D eigenvalue weighted by molar-refractivity contribution is 0.0955. The molecule has 4 nitrogen and oxygen atoms in total. The molecule has 1 aromatic heterocycles. The molecule has 5 heteroatoms. The molecule has 0 bridgehead atoms. The van der Waals surface area contributed by atoms with Crippen molar-refractivity contribution in [1.82, 2.24) is 5.43 Å². The number of hydrazone groups is 1. The van der Waals surface area contributed by atoms with Crippen LogP contribution in [0, 0.1) is 20.8 Å². The second-order valence-electron chi connectivity index (χ2n) is 6.40. The van der Waals surface area contributed by atoms with E-state index in [0.29, 0.717) is 12.2 Å². The number of nitrogens with one attached hydrogen (secondary N) is 1. The highest BCUT2D eigenvalue weighted by molar-refractivity contribution is 7.11. The Morgan fingerprint density at radius 1 is 1.04 bits per heavy atom. The number of amides is 1. The Kier molecular flexibility index (Phi) is 6.04. The molecule has 1 heterocycles. The molecular weight excluding hydrogens is 356 g/mol. The lowest BCUT2D eigenvalue weighted by atomic mass is 10.1. The van der Waals surface area contributed by atoms with Gasteiger partial charge in [-0.05, 0) is 78.7 Å². The monoisotopic (exact) mass is 378 g/mol. The van der Waals surface area contributed by atoms with E-state index in [9.17, 15) is 4.79 Å². The minimum absolute atomic E-state index is 0.234. The van der Waals surface area contributed by atoms with Crippen LogP contribution in [0.15, 0.2) is 59.0 Å². The maximum Gasteiger partial charge on any atom is 0.271 e. The molecular formula is C22H22N2O2S. The molecule has 27 heavy (non-hydrogen) atoms. The number of ether oxygens (including phenoxy) is 1. The van der Waals surface area contributed by atoms with Gasteiger partial charge in [0.05, 0.1) is 6.21 Å². The summed E-state index contributed by atoms with van der Waals surface area (Å²) in [5.74, 6) is 0.611. The predicted octanol–water partition coefficient (Wildman–Crippen LogP) is 5.02. The summed E-state index contributed by atoms with van der Waals surface area (Å²) >= 11 is 1.59. The Morgan fingerprint density at radius 3 is 2.48 bits per heavy atom. The minimum Gasteiger partial charge on any atom is -0.489 e. The molecule has 0 fully saturated rings. The fourth-order valence-electron chi connectivity index (χ4n) is 2.45. The molecule has 0 unspecified atom stereocenters. The average Bonchev–Trinajstić information content (AvgIpc) is 3.08. The number of hydrogen-bond donors (Lipinski definition) is 1. The van der Waals surface area contributed by atoms with Gasteiger partial charge in [0.25, 0.3) is 5.91 Å². The zero-order valence-electron chi connectivity index (χ0n) is 15.7. The van der Waals surface area contributed by atoms with Gasteiger partial charge in [-0.2, -0.15) is 5.10 Å². The van der Waals surface area contributed by atoms with Gasteiger partial charge in [0.15, 0.2) is 0 Å². The summed E-state index contributed by atoms with van der Waals surface area (Å²) < 4.78 is 5.82. The number of aryl methyl sites for hydroxylation is 3. The van der Waals surface area contributed by atoms with Crippen molar-refractivity contribution >= 4 is 23.5 Å². The van der Waals surface area contributed by atoms with E-state index in [-0.39, 0.29) is 5.91 Å². The van der Waals surface area contributed by atoms with Crippen LogP contribution in [-0.4, -0.2) is 12.1 Å². The van der Waals surface area contributed by atoms with Crippen molar-refractivity contribution < 1.29 is 9.53 Å². The van der Waals surface area contributed by atoms with Crippen LogP contribution in [0.4, 0.5) is 0 Å². The van der Waals surface area contributed by atoms with Crippen LogP contribution in [0.2, 0.25) is 0 Å². The van der Waals surface area contributed by atoms with Gasteiger partial charge in [0.2, 0.25) is 0 Å². The summed E-state index contributed by atoms with van der Waals surface area (Å²) in [6.45, 7) is 6.62. The van der Waals surface area contributed by atoms with Crippen molar-refractivity contribution in [2.45, 2.75) is 27.4 Å². The number of benzene rings is 2. The van der Waals surface area contributed by atoms with E-state index >= 15 is 0 Å². The molecule has 0 radical (unpaired) electrons. The van der Waals surface area contributed by atoms with Gasteiger partial charge in [-0.1, -0.05) is 18.2 Å². The molecule has 3 rings (SSSR count). The highest BCUT2D eigenvalue weighted by Gasteiger charge is 2.05. The van der Waals surface area contributed by atoms with Crippen LogP contribution in [0.5, 0.6) is 5.75 Å². The Balaban J connectivity index is 1.54. The SMILES string of the molecule is Cc1ccc(OCc2ccc(C(=O)NN=Cc3sccc3C)cc2)cc1C. The number of rotatable bonds is 6. The van der Waals surface area contributed by atoms with Gasteiger partial charge in [0.1, 0.15) is 12.4 Å². The maximum absolute atomic E-state index is 12.2. The van der Waals surface area contributed by atoms with Crippen LogP contribution in [0.25, 0.3) is 0 Å². The van der Waals surface area contributed by atoms with Crippen molar-refractivity contribution in [3.05, 3.63) is 86.6 Å². The van der Waals surface area contributed by atoms with E-state index in [4.69, 9.17) is 4.74 Å². The van der Waals surface area contributed by atoms with E-state index in [1.54, 1.807) is 29.7 Å². The predicted molar refractivity (Wildman–Crippen MR) is 111 cm³/mol. The number of carbonyl (C=O) groups excluding carboxylic acids is 1. The molecule has 0 spiro atoms. The summed E-state index contributed by atoms with van der Waals surface area (Å²) in [6.07, 6.45) is 1.67. The van der Waals surface area contributed by atoms with Crippen LogP contribution in [-0.2, 0) is 6.61 Å². The van der Waals surface area contributed by atoms with Crippen LogP contribution in [0.1, 0.15) is 37.5 Å². The minimum atomic E-state index is -0.234. The molecule has 138 valence electrons. The van der Waals surface area contributed by atoms with Gasteiger partial charge in [-0.3, -0.25) is 4.79 Å². The van der Waals surface area contributed by atoms with Crippen molar-refractivity contribution in [3.63, 3.8) is 0 Å². The van der Waals surface area contributed by atoms with E-state index in [1.165, 1.54) is 11.1 Å². The first-order valence-corrected chi connectivity index (χ1v) is 9.57. The van der Waals surface area contributed by atoms with Gasteiger partial charge in [-0.25, -0.2) is 5.43 Å². The van der Waals surface area contributed by atoms with Crippen LogP contribution >= 0.6 is 11.3 Å². The second kappa shape index (κ2) is 8.64. The third kappa shape index (κ3) is 5.05. The highest BCUT2D eigenvalue weighted by Crippen LogP contribution is 2.18. The quantitative estimate of drug-likeness (QED) is 0.484. The lowest BCUT2D eigenvalue weighted by Crippen LogP contribution is -2.17. The zero-order chi connectivity index (χ0) is 19.2. The van der Waals surface area contributed by atoms with Crippen molar-refractivity contribution in [2.24, 2.45) is 5.10 Å². The molecule has 0 aliphatic carbocycles. The van der Waals surface area contributed by atoms with E-state index < -0.39 is 0 Å². The Morgan fingerprint density at radius 2 is 1.81 bits per heavy atom. The molecule has 2 aromatic carbocycles. The summed E-state index contributed by atoms with van der Waals surface area (Å²) in [5.41, 5.74) is 7.72. The van der Waals surface area contributed by atoms with Crippen molar-refractivity contribution in [2.75, 3.05) is 0 Å². The second-order valence-corrected chi connectivity index (χ2v) is 7.35. The molecule has 0 saturated heterocycles. The fourth-order valence-corrected chi connectivity index (χ4v) is 3.24. The summed E-state index contributed by atoms with van der Waals surface area (Å²) in [6, 6.07) is 15.4. The van der Waals surface area contributed by atoms with E-state index in [2.05, 4.69) is 30.4 Å². The zero-order valence-corrected chi connectivity index (χ0v) is 16.5. The number of carbonyl (C=O) groups is 1. The van der Waals surface area contributed by atoms with Gasteiger partial charge in [-0.15, -0.1) is 11.3 Å². The first-order chi connectivity index (χ1) is 13.0. The highest BCUT2D eigenvalue weighted by atomic mass is 32.1. The fraction of sp³-hybridized carbons (Fsp3) is 0.182. The normalized spacial score (nSPS) is 10.9. The van der Waals surface area contributed by atoms with Gasteiger partial charge < -0.3 is 4.74 Å². The van der Waals surface area contributed by atoms with Gasteiger partial charge >= 0.3 is 0 Å². The summed E-state index contributed by atoms with van der Waals surface area (Å²) in [7, 11) is 0. The summed E-state index contributed by atoms with van der Waals surface area (Å²) in [4.78, 5) is 13.2. The Labute approximate surface area is 163 Å². The topological polar surface area (TPSA) is 50.7 Å². The molecule has 1 amide bonds. The van der Waals surface area contributed by atoms with Crippen LogP contribution in [0.3, 0.4) is 0 Å².